The normalized spacial score (nSPS) is 16.4. The van der Waals surface area contributed by atoms with E-state index in [1.54, 1.807) is 11.3 Å². The van der Waals surface area contributed by atoms with Crippen LogP contribution < -0.4 is 5.32 Å². The maximum Gasteiger partial charge on any atom is 0.226 e. The van der Waals surface area contributed by atoms with E-state index >= 15 is 0 Å². The molecule has 3 aromatic rings. The van der Waals surface area contributed by atoms with Gasteiger partial charge in [-0.05, 0) is 19.4 Å². The number of hydrogen-bond acceptors (Lipinski definition) is 5. The first-order valence-electron chi connectivity index (χ1n) is 6.41. The fourth-order valence-corrected chi connectivity index (χ4v) is 3.10. The van der Waals surface area contributed by atoms with E-state index in [1.807, 2.05) is 16.4 Å². The van der Waals surface area contributed by atoms with Crippen molar-refractivity contribution in [2.75, 3.05) is 5.32 Å². The average molecular weight is 283 g/mol. The molecule has 1 aliphatic heterocycles. The van der Waals surface area contributed by atoms with Gasteiger partial charge in [-0.25, -0.2) is 4.68 Å². The molecular weight excluding hydrogens is 270 g/mol. The molecule has 2 aromatic heterocycles. The van der Waals surface area contributed by atoms with Crippen molar-refractivity contribution in [3.8, 4) is 11.4 Å². The fourth-order valence-electron chi connectivity index (χ4n) is 2.45. The van der Waals surface area contributed by atoms with Gasteiger partial charge in [0.1, 0.15) is 0 Å². The highest BCUT2D eigenvalue weighted by Gasteiger charge is 2.31. The third-order valence-corrected chi connectivity index (χ3v) is 4.31. The number of benzene rings is 1. The van der Waals surface area contributed by atoms with Crippen molar-refractivity contribution in [2.24, 2.45) is 0 Å². The van der Waals surface area contributed by atoms with Crippen molar-refractivity contribution < 1.29 is 0 Å². The summed E-state index contributed by atoms with van der Waals surface area (Å²) in [4.78, 5) is 9.79. The first-order chi connectivity index (χ1) is 9.72. The Kier molecular flexibility index (Phi) is 2.40. The van der Waals surface area contributed by atoms with Gasteiger partial charge in [0.25, 0.3) is 0 Å². The van der Waals surface area contributed by atoms with Crippen LogP contribution in [0.2, 0.25) is 0 Å². The van der Waals surface area contributed by atoms with Gasteiger partial charge in [0, 0.05) is 11.8 Å². The van der Waals surface area contributed by atoms with Crippen LogP contribution in [0.5, 0.6) is 0 Å². The average Bonchev–Trinajstić information content (AvgIpc) is 3.01. The number of nitrogens with one attached hydrogen (secondary N) is 1. The lowest BCUT2D eigenvalue weighted by atomic mass is 10.1. The Labute approximate surface area is 120 Å². The van der Waals surface area contributed by atoms with Gasteiger partial charge >= 0.3 is 0 Å². The van der Waals surface area contributed by atoms with Crippen LogP contribution in [0, 0.1) is 13.8 Å². The van der Waals surface area contributed by atoms with Crippen molar-refractivity contribution in [1.82, 2.24) is 19.7 Å². The molecule has 0 saturated carbocycles. The third-order valence-electron chi connectivity index (χ3n) is 3.49. The summed E-state index contributed by atoms with van der Waals surface area (Å²) in [6.07, 6.45) is 1.94. The molecule has 0 bridgehead atoms. The monoisotopic (exact) mass is 283 g/mol. The second kappa shape index (κ2) is 4.14. The van der Waals surface area contributed by atoms with Gasteiger partial charge in [0.05, 0.1) is 10.4 Å². The number of anilines is 1. The molecule has 1 unspecified atom stereocenters. The second-order valence-electron chi connectivity index (χ2n) is 4.97. The molecule has 1 aliphatic rings. The Balaban J connectivity index is 1.73. The molecule has 1 atom stereocenters. The van der Waals surface area contributed by atoms with E-state index in [2.05, 4.69) is 52.4 Å². The maximum absolute atomic E-state index is 4.62. The van der Waals surface area contributed by atoms with Crippen molar-refractivity contribution >= 4 is 17.3 Å². The zero-order chi connectivity index (χ0) is 13.7. The summed E-state index contributed by atoms with van der Waals surface area (Å²) < 4.78 is 1.92. The Morgan fingerprint density at radius 3 is 2.95 bits per heavy atom. The maximum atomic E-state index is 4.62. The largest absolute Gasteiger partial charge is 0.328 e. The smallest absolute Gasteiger partial charge is 0.226 e. The second-order valence-corrected chi connectivity index (χ2v) is 5.89. The Hall–Kier alpha value is -2.21. The number of rotatable bonds is 2. The molecule has 0 aliphatic carbocycles. The number of aryl methyl sites for hydroxylation is 2. The van der Waals surface area contributed by atoms with Gasteiger partial charge < -0.3 is 5.32 Å². The minimum atomic E-state index is 0.0736. The Morgan fingerprint density at radius 2 is 2.20 bits per heavy atom. The van der Waals surface area contributed by atoms with E-state index in [9.17, 15) is 0 Å². The molecule has 100 valence electrons. The summed E-state index contributed by atoms with van der Waals surface area (Å²) in [7, 11) is 0. The molecule has 0 amide bonds. The predicted molar refractivity (Wildman–Crippen MR) is 78.8 cm³/mol. The zero-order valence-corrected chi connectivity index (χ0v) is 12.0. The van der Waals surface area contributed by atoms with Crippen LogP contribution >= 0.6 is 11.3 Å². The molecular formula is C14H13N5S. The zero-order valence-electron chi connectivity index (χ0n) is 11.2. The van der Waals surface area contributed by atoms with Crippen molar-refractivity contribution in [1.29, 1.82) is 0 Å². The van der Waals surface area contributed by atoms with Gasteiger partial charge in [-0.3, -0.25) is 4.98 Å². The van der Waals surface area contributed by atoms with Gasteiger partial charge in [-0.15, -0.1) is 16.4 Å². The molecule has 6 heteroatoms. The number of thiazole rings is 1. The van der Waals surface area contributed by atoms with Crippen LogP contribution in [0.4, 0.5) is 5.95 Å². The SMILES string of the molecule is Cc1ccc(-c2nc3n(n2)C(c2cncs2)N3)c(C)c1. The van der Waals surface area contributed by atoms with Crippen LogP contribution in [0.15, 0.2) is 29.9 Å². The van der Waals surface area contributed by atoms with E-state index < -0.39 is 0 Å². The third kappa shape index (κ3) is 1.65. The van der Waals surface area contributed by atoms with Crippen molar-refractivity contribution in [3.63, 3.8) is 0 Å². The molecule has 0 fully saturated rings. The lowest BCUT2D eigenvalue weighted by Gasteiger charge is -2.27. The summed E-state index contributed by atoms with van der Waals surface area (Å²) in [6.45, 7) is 4.18. The van der Waals surface area contributed by atoms with Gasteiger partial charge in [0.2, 0.25) is 5.95 Å². The number of aromatic nitrogens is 4. The van der Waals surface area contributed by atoms with Crippen LogP contribution in [0.3, 0.4) is 0 Å². The van der Waals surface area contributed by atoms with Crippen LogP contribution in [0.25, 0.3) is 11.4 Å². The van der Waals surface area contributed by atoms with Gasteiger partial charge in [-0.2, -0.15) is 4.98 Å². The molecule has 3 heterocycles. The highest BCUT2D eigenvalue weighted by molar-refractivity contribution is 7.09. The van der Waals surface area contributed by atoms with Gasteiger partial charge in [0.15, 0.2) is 12.0 Å². The molecule has 0 spiro atoms. The Morgan fingerprint density at radius 1 is 1.30 bits per heavy atom. The Bertz CT molecular complexity index is 775. The number of nitrogens with zero attached hydrogens (tertiary/aromatic N) is 4. The lowest BCUT2D eigenvalue weighted by molar-refractivity contribution is 0.517. The molecule has 4 rings (SSSR count). The minimum absolute atomic E-state index is 0.0736. The first kappa shape index (κ1) is 11.6. The van der Waals surface area contributed by atoms with E-state index in [-0.39, 0.29) is 6.17 Å². The number of fused-ring (bicyclic) bond motifs is 1. The summed E-state index contributed by atoms with van der Waals surface area (Å²) in [5.74, 6) is 1.59. The molecule has 1 N–H and O–H groups in total. The topological polar surface area (TPSA) is 55.6 Å². The van der Waals surface area contributed by atoms with E-state index in [0.29, 0.717) is 0 Å². The summed E-state index contributed by atoms with van der Waals surface area (Å²) in [5.41, 5.74) is 5.37. The molecule has 0 radical (unpaired) electrons. The molecule has 1 aromatic carbocycles. The molecule has 20 heavy (non-hydrogen) atoms. The highest BCUT2D eigenvalue weighted by Crippen LogP contribution is 2.35. The standard InChI is InChI=1S/C14H13N5S/c1-8-3-4-10(9(2)5-8)12-16-14-17-13(19(14)18-12)11-6-15-7-20-11/h3-7,13H,1-2H3,(H,16,17,18). The fraction of sp³-hybridized carbons (Fsp3) is 0.214. The summed E-state index contributed by atoms with van der Waals surface area (Å²) in [5, 5.41) is 7.92. The van der Waals surface area contributed by atoms with Crippen LogP contribution in [-0.4, -0.2) is 19.7 Å². The van der Waals surface area contributed by atoms with Crippen molar-refractivity contribution in [3.05, 3.63) is 45.9 Å². The van der Waals surface area contributed by atoms with Crippen molar-refractivity contribution in [2.45, 2.75) is 20.0 Å². The number of hydrogen-bond donors (Lipinski definition) is 1. The molecule has 5 nitrogen and oxygen atoms in total. The summed E-state index contributed by atoms with van der Waals surface area (Å²) in [6, 6.07) is 6.33. The highest BCUT2D eigenvalue weighted by atomic mass is 32.1. The van der Waals surface area contributed by atoms with Crippen LogP contribution in [0.1, 0.15) is 22.2 Å². The van der Waals surface area contributed by atoms with E-state index in [4.69, 9.17) is 0 Å². The quantitative estimate of drug-likeness (QED) is 0.785. The van der Waals surface area contributed by atoms with Crippen LogP contribution in [-0.2, 0) is 0 Å². The van der Waals surface area contributed by atoms with Gasteiger partial charge in [-0.1, -0.05) is 23.8 Å². The minimum Gasteiger partial charge on any atom is -0.328 e. The first-order valence-corrected chi connectivity index (χ1v) is 7.29. The van der Waals surface area contributed by atoms with E-state index in [1.165, 1.54) is 11.1 Å². The lowest BCUT2D eigenvalue weighted by Crippen LogP contribution is -2.31. The predicted octanol–water partition coefficient (Wildman–Crippen LogP) is 2.99. The summed E-state index contributed by atoms with van der Waals surface area (Å²) >= 11 is 1.62. The van der Waals surface area contributed by atoms with E-state index in [0.717, 1.165) is 22.2 Å². The molecule has 0 saturated heterocycles.